The Morgan fingerprint density at radius 2 is 1.79 bits per heavy atom. The SMILES string of the molecule is Cc1ccc(C)c2sc(NC(=S)NC(=O)c3ccc(-c4ccc(Cl)cc4)o3)nc12. The van der Waals surface area contributed by atoms with E-state index in [0.29, 0.717) is 15.9 Å². The number of hydrogen-bond donors (Lipinski definition) is 2. The van der Waals surface area contributed by atoms with Gasteiger partial charge in [-0.1, -0.05) is 35.1 Å². The highest BCUT2D eigenvalue weighted by atomic mass is 35.5. The highest BCUT2D eigenvalue weighted by Gasteiger charge is 2.15. The van der Waals surface area contributed by atoms with Crippen LogP contribution in [0.4, 0.5) is 5.13 Å². The van der Waals surface area contributed by atoms with Gasteiger partial charge in [0.2, 0.25) is 0 Å². The molecule has 0 aliphatic heterocycles. The molecule has 4 rings (SSSR count). The maximum Gasteiger partial charge on any atom is 0.293 e. The standard InChI is InChI=1S/C21H16ClN3O2S2/c1-11-3-4-12(2)18-17(11)23-21(29-18)25-20(28)24-19(26)16-10-9-15(27-16)13-5-7-14(22)8-6-13/h3-10H,1-2H3,(H2,23,24,25,26,28). The first-order valence-electron chi connectivity index (χ1n) is 8.75. The number of benzene rings is 2. The van der Waals surface area contributed by atoms with Crippen LogP contribution in [0.1, 0.15) is 21.7 Å². The zero-order valence-electron chi connectivity index (χ0n) is 15.6. The van der Waals surface area contributed by atoms with Gasteiger partial charge in [0.25, 0.3) is 5.91 Å². The number of rotatable bonds is 3. The number of thiazole rings is 1. The molecule has 0 aliphatic carbocycles. The van der Waals surface area contributed by atoms with E-state index in [1.165, 1.54) is 11.3 Å². The zero-order valence-corrected chi connectivity index (χ0v) is 18.0. The summed E-state index contributed by atoms with van der Waals surface area (Å²) in [7, 11) is 0. The Hall–Kier alpha value is -2.74. The minimum absolute atomic E-state index is 0.161. The van der Waals surface area contributed by atoms with Gasteiger partial charge in [-0.15, -0.1) is 0 Å². The van der Waals surface area contributed by atoms with Crippen LogP contribution >= 0.6 is 35.2 Å². The number of furan rings is 1. The minimum Gasteiger partial charge on any atom is -0.451 e. The average Bonchev–Trinajstić information content (AvgIpc) is 3.33. The van der Waals surface area contributed by atoms with Crippen LogP contribution in [0.3, 0.4) is 0 Å². The van der Waals surface area contributed by atoms with Gasteiger partial charge in [-0.3, -0.25) is 10.1 Å². The normalized spacial score (nSPS) is 10.9. The molecular formula is C21H16ClN3O2S2. The second-order valence-corrected chi connectivity index (χ2v) is 8.32. The Kier molecular flexibility index (Phi) is 5.36. The van der Waals surface area contributed by atoms with E-state index in [0.717, 1.165) is 26.9 Å². The number of fused-ring (bicyclic) bond motifs is 1. The molecule has 0 saturated carbocycles. The van der Waals surface area contributed by atoms with Crippen molar-refractivity contribution in [1.82, 2.24) is 10.3 Å². The fourth-order valence-corrected chi connectivity index (χ4v) is 4.23. The molecule has 2 N–H and O–H groups in total. The fraction of sp³-hybridized carbons (Fsp3) is 0.0952. The lowest BCUT2D eigenvalue weighted by atomic mass is 10.1. The van der Waals surface area contributed by atoms with Crippen LogP contribution in [0.25, 0.3) is 21.5 Å². The highest BCUT2D eigenvalue weighted by molar-refractivity contribution is 7.80. The topological polar surface area (TPSA) is 67.2 Å². The Labute approximate surface area is 181 Å². The monoisotopic (exact) mass is 441 g/mol. The molecule has 0 radical (unpaired) electrons. The van der Waals surface area contributed by atoms with Crippen molar-refractivity contribution >= 4 is 61.5 Å². The number of carbonyl (C=O) groups is 1. The molecule has 0 atom stereocenters. The number of amides is 1. The highest BCUT2D eigenvalue weighted by Crippen LogP contribution is 2.30. The number of anilines is 1. The van der Waals surface area contributed by atoms with Gasteiger partial charge in [0, 0.05) is 10.6 Å². The summed E-state index contributed by atoms with van der Waals surface area (Å²) in [5, 5.41) is 7.03. The van der Waals surface area contributed by atoms with E-state index in [2.05, 4.69) is 21.7 Å². The summed E-state index contributed by atoms with van der Waals surface area (Å²) >= 11 is 12.7. The molecule has 29 heavy (non-hydrogen) atoms. The summed E-state index contributed by atoms with van der Waals surface area (Å²) < 4.78 is 6.74. The third-order valence-corrected chi connectivity index (χ3v) is 5.91. The maximum absolute atomic E-state index is 12.5. The number of aryl methyl sites for hydroxylation is 2. The first-order valence-corrected chi connectivity index (χ1v) is 10.4. The van der Waals surface area contributed by atoms with Gasteiger partial charge < -0.3 is 9.73 Å². The molecule has 0 unspecified atom stereocenters. The number of carbonyl (C=O) groups excluding carboxylic acids is 1. The minimum atomic E-state index is -0.434. The molecule has 146 valence electrons. The summed E-state index contributed by atoms with van der Waals surface area (Å²) in [6.07, 6.45) is 0. The first-order chi connectivity index (χ1) is 13.9. The van der Waals surface area contributed by atoms with Crippen molar-refractivity contribution in [3.8, 4) is 11.3 Å². The third kappa shape index (κ3) is 4.17. The lowest BCUT2D eigenvalue weighted by molar-refractivity contribution is 0.0951. The number of aromatic nitrogens is 1. The Balaban J connectivity index is 1.45. The molecule has 4 aromatic rings. The number of halogens is 1. The molecular weight excluding hydrogens is 426 g/mol. The van der Waals surface area contributed by atoms with Crippen LogP contribution in [0.5, 0.6) is 0 Å². The smallest absolute Gasteiger partial charge is 0.293 e. The number of thiocarbonyl (C=S) groups is 1. The molecule has 0 fully saturated rings. The van der Waals surface area contributed by atoms with E-state index < -0.39 is 5.91 Å². The van der Waals surface area contributed by atoms with Crippen LogP contribution in [0, 0.1) is 13.8 Å². The van der Waals surface area contributed by atoms with Crippen LogP contribution in [-0.4, -0.2) is 16.0 Å². The molecule has 8 heteroatoms. The van der Waals surface area contributed by atoms with Gasteiger partial charge in [-0.25, -0.2) is 4.98 Å². The first kappa shape index (κ1) is 19.6. The van der Waals surface area contributed by atoms with Crippen molar-refractivity contribution in [3.63, 3.8) is 0 Å². The van der Waals surface area contributed by atoms with E-state index in [-0.39, 0.29) is 10.9 Å². The molecule has 0 aliphatic rings. The fourth-order valence-electron chi connectivity index (χ4n) is 2.84. The van der Waals surface area contributed by atoms with Gasteiger partial charge in [-0.2, -0.15) is 0 Å². The van der Waals surface area contributed by atoms with Gasteiger partial charge >= 0.3 is 0 Å². The van der Waals surface area contributed by atoms with E-state index in [9.17, 15) is 4.79 Å². The Morgan fingerprint density at radius 3 is 2.52 bits per heavy atom. The molecule has 0 bridgehead atoms. The van der Waals surface area contributed by atoms with E-state index in [1.54, 1.807) is 24.3 Å². The predicted molar refractivity (Wildman–Crippen MR) is 122 cm³/mol. The summed E-state index contributed by atoms with van der Waals surface area (Å²) in [6.45, 7) is 4.06. The second kappa shape index (κ2) is 7.94. The van der Waals surface area contributed by atoms with E-state index >= 15 is 0 Å². The van der Waals surface area contributed by atoms with Crippen LogP contribution < -0.4 is 10.6 Å². The lowest BCUT2D eigenvalue weighted by Gasteiger charge is -2.05. The van der Waals surface area contributed by atoms with Gasteiger partial charge in [0.15, 0.2) is 16.0 Å². The van der Waals surface area contributed by atoms with Crippen molar-refractivity contribution in [2.45, 2.75) is 13.8 Å². The predicted octanol–water partition coefficient (Wildman–Crippen LogP) is 5.95. The summed E-state index contributed by atoms with van der Waals surface area (Å²) in [5.41, 5.74) is 4.01. The van der Waals surface area contributed by atoms with Crippen molar-refractivity contribution in [1.29, 1.82) is 0 Å². The van der Waals surface area contributed by atoms with Gasteiger partial charge in [0.05, 0.1) is 10.2 Å². The maximum atomic E-state index is 12.5. The third-order valence-electron chi connectivity index (χ3n) is 4.35. The lowest BCUT2D eigenvalue weighted by Crippen LogP contribution is -2.33. The molecule has 5 nitrogen and oxygen atoms in total. The molecule has 2 heterocycles. The largest absolute Gasteiger partial charge is 0.451 e. The van der Waals surface area contributed by atoms with E-state index in [1.807, 2.05) is 32.0 Å². The van der Waals surface area contributed by atoms with Crippen molar-refractivity contribution in [3.05, 3.63) is 70.4 Å². The average molecular weight is 442 g/mol. The van der Waals surface area contributed by atoms with Crippen LogP contribution in [0.15, 0.2) is 52.9 Å². The molecule has 2 aromatic carbocycles. The number of hydrogen-bond acceptors (Lipinski definition) is 5. The quantitative estimate of drug-likeness (QED) is 0.384. The van der Waals surface area contributed by atoms with Crippen molar-refractivity contribution in [2.75, 3.05) is 5.32 Å². The van der Waals surface area contributed by atoms with Crippen LogP contribution in [0.2, 0.25) is 5.02 Å². The molecule has 0 spiro atoms. The van der Waals surface area contributed by atoms with Crippen LogP contribution in [-0.2, 0) is 0 Å². The summed E-state index contributed by atoms with van der Waals surface area (Å²) in [4.78, 5) is 17.0. The molecule has 2 aromatic heterocycles. The van der Waals surface area contributed by atoms with E-state index in [4.69, 9.17) is 28.2 Å². The molecule has 1 amide bonds. The second-order valence-electron chi connectivity index (χ2n) is 6.48. The number of nitrogens with zero attached hydrogens (tertiary/aromatic N) is 1. The molecule has 0 saturated heterocycles. The summed E-state index contributed by atoms with van der Waals surface area (Å²) in [5.74, 6) is 0.300. The zero-order chi connectivity index (χ0) is 20.5. The van der Waals surface area contributed by atoms with Gasteiger partial charge in [0.1, 0.15) is 5.76 Å². The van der Waals surface area contributed by atoms with Crippen molar-refractivity contribution in [2.24, 2.45) is 0 Å². The Bertz CT molecular complexity index is 1190. The number of nitrogens with one attached hydrogen (secondary N) is 2. The summed E-state index contributed by atoms with van der Waals surface area (Å²) in [6, 6.07) is 14.6. The van der Waals surface area contributed by atoms with Crippen molar-refractivity contribution < 1.29 is 9.21 Å². The Morgan fingerprint density at radius 1 is 1.07 bits per heavy atom. The van der Waals surface area contributed by atoms with Gasteiger partial charge in [-0.05, 0) is 73.6 Å².